The molecule has 22 heavy (non-hydrogen) atoms. The Bertz CT molecular complexity index is 712. The fraction of sp³-hybridized carbons (Fsp3) is 0.0714. The van der Waals surface area contributed by atoms with Crippen molar-refractivity contribution in [3.8, 4) is 5.75 Å². The fourth-order valence-electron chi connectivity index (χ4n) is 1.77. The predicted octanol–water partition coefficient (Wildman–Crippen LogP) is 4.71. The van der Waals surface area contributed by atoms with Crippen molar-refractivity contribution < 1.29 is 22.7 Å². The van der Waals surface area contributed by atoms with Crippen LogP contribution in [0.2, 0.25) is 10.0 Å². The lowest BCUT2D eigenvalue weighted by molar-refractivity contribution is -0.274. The maximum Gasteiger partial charge on any atom is 0.573 e. The number of ketones is 1. The van der Waals surface area contributed by atoms with E-state index in [2.05, 4.69) is 4.74 Å². The zero-order valence-electron chi connectivity index (χ0n) is 10.7. The van der Waals surface area contributed by atoms with Gasteiger partial charge in [0.1, 0.15) is 5.75 Å². The number of nitrogen functional groups attached to an aromatic ring is 1. The van der Waals surface area contributed by atoms with Crippen molar-refractivity contribution in [1.82, 2.24) is 0 Å². The topological polar surface area (TPSA) is 52.3 Å². The van der Waals surface area contributed by atoms with Gasteiger partial charge in [0.2, 0.25) is 0 Å². The number of rotatable bonds is 3. The summed E-state index contributed by atoms with van der Waals surface area (Å²) in [6.45, 7) is 0. The first-order valence-electron chi connectivity index (χ1n) is 5.82. The van der Waals surface area contributed by atoms with Crippen LogP contribution in [0, 0.1) is 0 Å². The van der Waals surface area contributed by atoms with Crippen molar-refractivity contribution in [2.45, 2.75) is 6.36 Å². The van der Waals surface area contributed by atoms with E-state index < -0.39 is 17.9 Å². The molecule has 0 heterocycles. The smallest absolute Gasteiger partial charge is 0.406 e. The Labute approximate surface area is 133 Å². The summed E-state index contributed by atoms with van der Waals surface area (Å²) in [5.74, 6) is -1.16. The summed E-state index contributed by atoms with van der Waals surface area (Å²) in [6.07, 6.45) is -4.87. The molecule has 0 amide bonds. The van der Waals surface area contributed by atoms with Gasteiger partial charge in [0.05, 0.1) is 0 Å². The van der Waals surface area contributed by atoms with Gasteiger partial charge in [-0.05, 0) is 36.4 Å². The Hall–Kier alpha value is -1.92. The molecular formula is C14H8Cl2F3NO2. The van der Waals surface area contributed by atoms with E-state index in [4.69, 9.17) is 28.9 Å². The van der Waals surface area contributed by atoms with E-state index in [-0.39, 0.29) is 26.9 Å². The number of ether oxygens (including phenoxy) is 1. The molecule has 8 heteroatoms. The molecule has 0 fully saturated rings. The first kappa shape index (κ1) is 16.5. The Morgan fingerprint density at radius 2 is 1.64 bits per heavy atom. The van der Waals surface area contributed by atoms with Crippen molar-refractivity contribution in [1.29, 1.82) is 0 Å². The summed E-state index contributed by atoms with van der Waals surface area (Å²) in [5, 5.41) is 0.439. The van der Waals surface area contributed by atoms with Crippen LogP contribution in [0.15, 0.2) is 36.4 Å². The van der Waals surface area contributed by atoms with Gasteiger partial charge in [-0.15, -0.1) is 13.2 Å². The van der Waals surface area contributed by atoms with Gasteiger partial charge < -0.3 is 10.5 Å². The number of hydrogen-bond acceptors (Lipinski definition) is 3. The summed E-state index contributed by atoms with van der Waals surface area (Å²) >= 11 is 11.6. The van der Waals surface area contributed by atoms with Gasteiger partial charge in [-0.1, -0.05) is 23.2 Å². The number of carbonyl (C=O) groups is 1. The minimum absolute atomic E-state index is 0.00984. The second-order valence-electron chi connectivity index (χ2n) is 4.28. The molecule has 0 unspecified atom stereocenters. The molecule has 2 rings (SSSR count). The van der Waals surface area contributed by atoms with Crippen molar-refractivity contribution in [3.05, 3.63) is 57.6 Å². The Morgan fingerprint density at radius 3 is 2.18 bits per heavy atom. The molecule has 0 aromatic heterocycles. The lowest BCUT2D eigenvalue weighted by Crippen LogP contribution is -2.17. The predicted molar refractivity (Wildman–Crippen MR) is 77.4 cm³/mol. The van der Waals surface area contributed by atoms with E-state index in [9.17, 15) is 18.0 Å². The number of alkyl halides is 3. The van der Waals surface area contributed by atoms with Crippen molar-refractivity contribution in [2.75, 3.05) is 5.73 Å². The van der Waals surface area contributed by atoms with E-state index >= 15 is 0 Å². The van der Waals surface area contributed by atoms with Crippen LogP contribution >= 0.6 is 23.2 Å². The van der Waals surface area contributed by atoms with Crippen LogP contribution in [-0.2, 0) is 0 Å². The minimum Gasteiger partial charge on any atom is -0.406 e. The van der Waals surface area contributed by atoms with Gasteiger partial charge in [0, 0.05) is 26.9 Å². The van der Waals surface area contributed by atoms with Crippen LogP contribution in [0.5, 0.6) is 5.75 Å². The Morgan fingerprint density at radius 1 is 1.05 bits per heavy atom. The lowest BCUT2D eigenvalue weighted by atomic mass is 10.0. The quantitative estimate of drug-likeness (QED) is 0.645. The third-order valence-corrected chi connectivity index (χ3v) is 3.06. The molecular weight excluding hydrogens is 342 g/mol. The molecule has 0 radical (unpaired) electrons. The molecule has 2 aromatic carbocycles. The first-order chi connectivity index (χ1) is 10.2. The SMILES string of the molecule is Nc1ccc(OC(F)(F)F)cc1C(=O)c1cc(Cl)cc(Cl)c1. The Balaban J connectivity index is 2.42. The van der Waals surface area contributed by atoms with E-state index in [0.29, 0.717) is 0 Å². The number of nitrogens with two attached hydrogens (primary N) is 1. The summed E-state index contributed by atoms with van der Waals surface area (Å²) in [5.41, 5.74) is 5.62. The van der Waals surface area contributed by atoms with Gasteiger partial charge in [0.15, 0.2) is 5.78 Å². The highest BCUT2D eigenvalue weighted by Gasteiger charge is 2.31. The normalized spacial score (nSPS) is 11.3. The van der Waals surface area contributed by atoms with Crippen LogP contribution in [0.25, 0.3) is 0 Å². The van der Waals surface area contributed by atoms with E-state index in [0.717, 1.165) is 18.2 Å². The second-order valence-corrected chi connectivity index (χ2v) is 5.16. The third kappa shape index (κ3) is 4.05. The first-order valence-corrected chi connectivity index (χ1v) is 6.57. The summed E-state index contributed by atoms with van der Waals surface area (Å²) in [4.78, 5) is 12.4. The van der Waals surface area contributed by atoms with E-state index in [1.54, 1.807) is 0 Å². The molecule has 0 saturated carbocycles. The fourth-order valence-corrected chi connectivity index (χ4v) is 2.30. The van der Waals surface area contributed by atoms with Crippen LogP contribution in [0.4, 0.5) is 18.9 Å². The largest absolute Gasteiger partial charge is 0.573 e. The summed E-state index contributed by atoms with van der Waals surface area (Å²) in [7, 11) is 0. The minimum atomic E-state index is -4.87. The van der Waals surface area contributed by atoms with Crippen molar-refractivity contribution >= 4 is 34.7 Å². The van der Waals surface area contributed by atoms with Gasteiger partial charge in [-0.2, -0.15) is 0 Å². The molecule has 0 aliphatic heterocycles. The zero-order valence-corrected chi connectivity index (χ0v) is 12.3. The maximum absolute atomic E-state index is 12.4. The Kier molecular flexibility index (Phi) is 4.53. The standard InChI is InChI=1S/C14H8Cl2F3NO2/c15-8-3-7(4-9(16)5-8)13(21)11-6-10(1-2-12(11)20)22-14(17,18)19/h1-6H,20H2. The zero-order chi connectivity index (χ0) is 16.5. The molecule has 3 nitrogen and oxygen atoms in total. The molecule has 0 atom stereocenters. The summed E-state index contributed by atoms with van der Waals surface area (Å²) < 4.78 is 40.5. The van der Waals surface area contributed by atoms with Gasteiger partial charge >= 0.3 is 6.36 Å². The average molecular weight is 350 g/mol. The molecule has 0 saturated heterocycles. The lowest BCUT2D eigenvalue weighted by Gasteiger charge is -2.11. The maximum atomic E-state index is 12.4. The van der Waals surface area contributed by atoms with E-state index in [1.807, 2.05) is 0 Å². The van der Waals surface area contributed by atoms with Gasteiger partial charge in [-0.25, -0.2) is 0 Å². The monoisotopic (exact) mass is 349 g/mol. The third-order valence-electron chi connectivity index (χ3n) is 2.63. The molecule has 2 N–H and O–H groups in total. The second kappa shape index (κ2) is 6.06. The summed E-state index contributed by atoms with van der Waals surface area (Å²) in [6, 6.07) is 7.19. The number of benzene rings is 2. The highest BCUT2D eigenvalue weighted by Crippen LogP contribution is 2.28. The van der Waals surface area contributed by atoms with Crippen LogP contribution in [0.1, 0.15) is 15.9 Å². The van der Waals surface area contributed by atoms with Crippen LogP contribution in [-0.4, -0.2) is 12.1 Å². The molecule has 0 spiro atoms. The number of hydrogen-bond donors (Lipinski definition) is 1. The number of carbonyl (C=O) groups excluding carboxylic acids is 1. The molecule has 2 aromatic rings. The van der Waals surface area contributed by atoms with Crippen LogP contribution < -0.4 is 10.5 Å². The molecule has 0 aliphatic carbocycles. The highest BCUT2D eigenvalue weighted by molar-refractivity contribution is 6.35. The van der Waals surface area contributed by atoms with E-state index in [1.165, 1.54) is 18.2 Å². The molecule has 0 aliphatic rings. The molecule has 116 valence electrons. The van der Waals surface area contributed by atoms with Gasteiger partial charge in [0.25, 0.3) is 0 Å². The van der Waals surface area contributed by atoms with Gasteiger partial charge in [-0.3, -0.25) is 4.79 Å². The van der Waals surface area contributed by atoms with Crippen molar-refractivity contribution in [3.63, 3.8) is 0 Å². The average Bonchev–Trinajstić information content (AvgIpc) is 2.37. The number of anilines is 1. The number of halogens is 5. The van der Waals surface area contributed by atoms with Crippen molar-refractivity contribution in [2.24, 2.45) is 0 Å². The highest BCUT2D eigenvalue weighted by atomic mass is 35.5. The van der Waals surface area contributed by atoms with Crippen LogP contribution in [0.3, 0.4) is 0 Å². The molecule has 0 bridgehead atoms.